The molecule has 3 aromatic carbocycles. The van der Waals surface area contributed by atoms with Gasteiger partial charge in [-0.15, -0.1) is 0 Å². The first-order valence-corrected chi connectivity index (χ1v) is 12.7. The lowest BCUT2D eigenvalue weighted by Gasteiger charge is -2.25. The fourth-order valence-electron chi connectivity index (χ4n) is 5.24. The highest BCUT2D eigenvalue weighted by atomic mass is 32.1. The van der Waals surface area contributed by atoms with Crippen molar-refractivity contribution in [1.82, 2.24) is 15.6 Å². The highest BCUT2D eigenvalue weighted by molar-refractivity contribution is 7.19. The zero-order valence-electron chi connectivity index (χ0n) is 19.3. The van der Waals surface area contributed by atoms with Crippen LogP contribution in [0.15, 0.2) is 66.7 Å². The monoisotopic (exact) mass is 482 g/mol. The Labute approximate surface area is 207 Å². The molecule has 6 nitrogen and oxygen atoms in total. The van der Waals surface area contributed by atoms with Crippen LogP contribution in [0.1, 0.15) is 39.3 Å². The van der Waals surface area contributed by atoms with Crippen LogP contribution in [0.3, 0.4) is 0 Å². The van der Waals surface area contributed by atoms with E-state index in [0.717, 1.165) is 39.6 Å². The van der Waals surface area contributed by atoms with E-state index in [2.05, 4.69) is 15.6 Å². The van der Waals surface area contributed by atoms with Crippen LogP contribution in [0.5, 0.6) is 0 Å². The van der Waals surface area contributed by atoms with Crippen LogP contribution in [0.25, 0.3) is 21.2 Å². The topological polar surface area (TPSA) is 97.1 Å². The molecule has 176 valence electrons. The molecule has 2 fully saturated rings. The van der Waals surface area contributed by atoms with Gasteiger partial charge in [-0.1, -0.05) is 77.6 Å². The van der Waals surface area contributed by atoms with Crippen LogP contribution in [-0.2, 0) is 0 Å². The summed E-state index contributed by atoms with van der Waals surface area (Å²) in [4.78, 5) is 32.7. The number of carbonyl (C=O) groups is 2. The number of Topliss-reactive ketones (excluding diaryl/α,β-unsaturated/α-hetero) is 1. The van der Waals surface area contributed by atoms with Crippen molar-refractivity contribution >= 4 is 38.9 Å². The molecule has 6 rings (SSSR count). The molecule has 2 aliphatic rings. The van der Waals surface area contributed by atoms with E-state index in [0.29, 0.717) is 28.3 Å². The van der Waals surface area contributed by atoms with Gasteiger partial charge in [0.05, 0.1) is 4.88 Å². The lowest BCUT2D eigenvalue weighted by molar-refractivity contribution is 0.0834. The number of nitrogens with one attached hydrogen (secondary N) is 2. The number of hydrogen-bond donors (Lipinski definition) is 3. The number of benzene rings is 3. The van der Waals surface area contributed by atoms with Crippen molar-refractivity contribution in [1.29, 1.82) is 0 Å². The second-order valence-electron chi connectivity index (χ2n) is 9.55. The van der Waals surface area contributed by atoms with E-state index in [-0.39, 0.29) is 17.7 Å². The Morgan fingerprint density at radius 1 is 1.09 bits per heavy atom. The standard InChI is InChI=1S/C28H26N4O2S/c1-15-6-4-9-17(12-15)26-24(32-28(29)35-26)25(33)23(22-14-18-13-21(18)30-22)31-27(34)20-11-5-8-16-7-2-3-10-19(16)20/h2-12,18,21-23,30H,13-14H2,1H3,(H2,29,32)(H,31,34)/t18-,21?,22-,23-/m0/s1. The number of nitrogens with two attached hydrogens (primary N) is 1. The second kappa shape index (κ2) is 8.59. The highest BCUT2D eigenvalue weighted by Crippen LogP contribution is 2.42. The van der Waals surface area contributed by atoms with Crippen molar-refractivity contribution < 1.29 is 9.59 Å². The van der Waals surface area contributed by atoms with Crippen molar-refractivity contribution in [3.63, 3.8) is 0 Å². The van der Waals surface area contributed by atoms with Gasteiger partial charge >= 0.3 is 0 Å². The molecule has 1 aliphatic heterocycles. The number of nitrogens with zero attached hydrogens (tertiary/aromatic N) is 1. The molecule has 4 atom stereocenters. The Balaban J connectivity index is 1.36. The Bertz CT molecular complexity index is 1450. The van der Waals surface area contributed by atoms with Crippen molar-refractivity contribution in [3.8, 4) is 10.4 Å². The fraction of sp³-hybridized carbons (Fsp3) is 0.250. The largest absolute Gasteiger partial charge is 0.375 e. The third-order valence-corrected chi connectivity index (χ3v) is 8.00. The maximum atomic E-state index is 14.0. The molecular formula is C28H26N4O2S. The van der Waals surface area contributed by atoms with Gasteiger partial charge < -0.3 is 16.4 Å². The SMILES string of the molecule is Cc1cccc(-c2sc(N)nc2C(=O)[C@@H](NC(=O)c2cccc3ccccc23)[C@@H]2C[C@@H]3CC3N2)c1. The van der Waals surface area contributed by atoms with Gasteiger partial charge in [-0.2, -0.15) is 0 Å². The summed E-state index contributed by atoms with van der Waals surface area (Å²) in [6.07, 6.45) is 1.99. The first-order chi connectivity index (χ1) is 17.0. The number of aryl methyl sites for hydroxylation is 1. The molecular weight excluding hydrogens is 456 g/mol. The molecule has 4 N–H and O–H groups in total. The lowest BCUT2D eigenvalue weighted by Crippen LogP contribution is -2.53. The zero-order valence-corrected chi connectivity index (χ0v) is 20.1. The summed E-state index contributed by atoms with van der Waals surface area (Å²) in [5.74, 6) is 0.103. The summed E-state index contributed by atoms with van der Waals surface area (Å²) in [7, 11) is 0. The van der Waals surface area contributed by atoms with Gasteiger partial charge in [0.1, 0.15) is 11.7 Å². The summed E-state index contributed by atoms with van der Waals surface area (Å²) >= 11 is 1.30. The smallest absolute Gasteiger partial charge is 0.252 e. The van der Waals surface area contributed by atoms with Crippen molar-refractivity contribution in [2.24, 2.45) is 5.92 Å². The number of amides is 1. The van der Waals surface area contributed by atoms with Crippen LogP contribution < -0.4 is 16.4 Å². The maximum absolute atomic E-state index is 14.0. The molecule has 1 saturated heterocycles. The van der Waals surface area contributed by atoms with Crippen LogP contribution in [0.2, 0.25) is 0 Å². The number of fused-ring (bicyclic) bond motifs is 2. The number of nitrogen functional groups attached to an aromatic ring is 1. The van der Waals surface area contributed by atoms with E-state index in [1.54, 1.807) is 6.07 Å². The molecule has 0 radical (unpaired) electrons. The molecule has 4 aromatic rings. The molecule has 1 unspecified atom stereocenters. The third kappa shape index (κ3) is 4.11. The summed E-state index contributed by atoms with van der Waals surface area (Å²) in [6.45, 7) is 2.01. The van der Waals surface area contributed by atoms with E-state index in [1.165, 1.54) is 11.3 Å². The van der Waals surface area contributed by atoms with E-state index in [1.807, 2.05) is 67.6 Å². The lowest BCUT2D eigenvalue weighted by atomic mass is 9.95. The average molecular weight is 483 g/mol. The quantitative estimate of drug-likeness (QED) is 0.350. The zero-order chi connectivity index (χ0) is 24.1. The van der Waals surface area contributed by atoms with Crippen molar-refractivity contribution in [2.45, 2.75) is 37.9 Å². The second-order valence-corrected chi connectivity index (χ2v) is 10.6. The summed E-state index contributed by atoms with van der Waals surface area (Å²) in [6, 6.07) is 20.9. The van der Waals surface area contributed by atoms with Gasteiger partial charge in [0.25, 0.3) is 5.91 Å². The summed E-state index contributed by atoms with van der Waals surface area (Å²) < 4.78 is 0. The average Bonchev–Trinajstić information content (AvgIpc) is 3.27. The molecule has 1 aliphatic carbocycles. The minimum atomic E-state index is -0.737. The Kier molecular flexibility index (Phi) is 5.39. The molecule has 0 spiro atoms. The normalized spacial score (nSPS) is 21.5. The van der Waals surface area contributed by atoms with Gasteiger partial charge in [-0.25, -0.2) is 4.98 Å². The van der Waals surface area contributed by atoms with Gasteiger partial charge in [0.15, 0.2) is 5.13 Å². The first-order valence-electron chi connectivity index (χ1n) is 11.9. The minimum Gasteiger partial charge on any atom is -0.375 e. The Hall–Kier alpha value is -3.55. The Morgan fingerprint density at radius 2 is 1.89 bits per heavy atom. The van der Waals surface area contributed by atoms with E-state index in [9.17, 15) is 9.59 Å². The summed E-state index contributed by atoms with van der Waals surface area (Å²) in [5, 5.41) is 8.82. The van der Waals surface area contributed by atoms with Crippen LogP contribution in [0, 0.1) is 12.8 Å². The molecule has 1 saturated carbocycles. The van der Waals surface area contributed by atoms with Crippen LogP contribution in [0.4, 0.5) is 5.13 Å². The van der Waals surface area contributed by atoms with Crippen molar-refractivity contribution in [3.05, 3.63) is 83.6 Å². The van der Waals surface area contributed by atoms with Gasteiger partial charge in [0, 0.05) is 17.6 Å². The maximum Gasteiger partial charge on any atom is 0.252 e. The Morgan fingerprint density at radius 3 is 2.69 bits per heavy atom. The predicted molar refractivity (Wildman–Crippen MR) is 140 cm³/mol. The van der Waals surface area contributed by atoms with Gasteiger partial charge in [-0.3, -0.25) is 9.59 Å². The number of hydrogen-bond acceptors (Lipinski definition) is 6. The molecule has 7 heteroatoms. The highest BCUT2D eigenvalue weighted by Gasteiger charge is 2.50. The van der Waals surface area contributed by atoms with Crippen LogP contribution in [-0.4, -0.2) is 34.8 Å². The predicted octanol–water partition coefficient (Wildman–Crippen LogP) is 4.59. The number of carbonyl (C=O) groups excluding carboxylic acids is 2. The number of ketones is 1. The molecule has 1 amide bonds. The first kappa shape index (κ1) is 21.9. The number of thiazole rings is 1. The number of rotatable bonds is 6. The number of aromatic nitrogens is 1. The minimum absolute atomic E-state index is 0.140. The molecule has 35 heavy (non-hydrogen) atoms. The number of anilines is 1. The van der Waals surface area contributed by atoms with Crippen molar-refractivity contribution in [2.75, 3.05) is 5.73 Å². The van der Waals surface area contributed by atoms with E-state index < -0.39 is 6.04 Å². The van der Waals surface area contributed by atoms with Gasteiger partial charge in [-0.05, 0) is 48.1 Å². The van der Waals surface area contributed by atoms with Crippen LogP contribution >= 0.6 is 11.3 Å². The fourth-order valence-corrected chi connectivity index (χ4v) is 6.07. The van der Waals surface area contributed by atoms with Gasteiger partial charge in [0.2, 0.25) is 5.78 Å². The number of piperidine rings is 1. The molecule has 2 heterocycles. The third-order valence-electron chi connectivity index (χ3n) is 7.07. The molecule has 0 bridgehead atoms. The van der Waals surface area contributed by atoms with E-state index >= 15 is 0 Å². The molecule has 1 aromatic heterocycles. The van der Waals surface area contributed by atoms with E-state index in [4.69, 9.17) is 5.73 Å². The summed E-state index contributed by atoms with van der Waals surface area (Å²) in [5.41, 5.74) is 8.96.